The third kappa shape index (κ3) is 4.60. The second-order valence-electron chi connectivity index (χ2n) is 13.4. The standard InChI is InChI=1S/C49H34N2O/c1-5-17-34(18-6-1)49(35-19-7-2-8-20-35)41-26-14-13-25-39(41)47-42(49)27-15-28-43(47)50-36-31-32-45-40(33-36)48-44(29-16-30-46(48)52-45)51(37-21-9-3-10-22-37)38-23-11-4-12-24-38/h1-33,50H. The van der Waals surface area contributed by atoms with Gasteiger partial charge in [-0.15, -0.1) is 0 Å². The molecule has 0 fully saturated rings. The van der Waals surface area contributed by atoms with E-state index < -0.39 is 5.41 Å². The van der Waals surface area contributed by atoms with Crippen LogP contribution < -0.4 is 10.2 Å². The lowest BCUT2D eigenvalue weighted by Crippen LogP contribution is -2.28. The average molecular weight is 667 g/mol. The number of hydrogen-bond donors (Lipinski definition) is 1. The molecule has 1 aromatic heterocycles. The van der Waals surface area contributed by atoms with Gasteiger partial charge in [0, 0.05) is 33.7 Å². The fourth-order valence-corrected chi connectivity index (χ4v) is 8.41. The molecule has 0 atom stereocenters. The van der Waals surface area contributed by atoms with Crippen molar-refractivity contribution in [1.29, 1.82) is 0 Å². The minimum atomic E-state index is -0.454. The molecule has 9 aromatic rings. The van der Waals surface area contributed by atoms with Gasteiger partial charge in [0.1, 0.15) is 11.2 Å². The fourth-order valence-electron chi connectivity index (χ4n) is 8.41. The van der Waals surface area contributed by atoms with Crippen molar-refractivity contribution in [2.24, 2.45) is 0 Å². The number of benzene rings is 8. The zero-order valence-electron chi connectivity index (χ0n) is 28.4. The normalized spacial score (nSPS) is 12.8. The van der Waals surface area contributed by atoms with Gasteiger partial charge in [-0.3, -0.25) is 0 Å². The monoisotopic (exact) mass is 666 g/mol. The Morgan fingerprint density at radius 1 is 0.462 bits per heavy atom. The lowest BCUT2D eigenvalue weighted by molar-refractivity contribution is 0.669. The van der Waals surface area contributed by atoms with Crippen molar-refractivity contribution in [2.75, 3.05) is 10.2 Å². The van der Waals surface area contributed by atoms with Gasteiger partial charge in [-0.05, 0) is 88.5 Å². The maximum Gasteiger partial charge on any atom is 0.137 e. The Balaban J connectivity index is 1.15. The zero-order chi connectivity index (χ0) is 34.5. The van der Waals surface area contributed by atoms with E-state index in [-0.39, 0.29) is 0 Å². The summed E-state index contributed by atoms with van der Waals surface area (Å²) in [7, 11) is 0. The Kier molecular flexibility index (Phi) is 7.04. The van der Waals surface area contributed by atoms with Crippen LogP contribution in [0.4, 0.5) is 28.4 Å². The summed E-state index contributed by atoms with van der Waals surface area (Å²) in [6, 6.07) is 71.3. The van der Waals surface area contributed by atoms with Gasteiger partial charge in [0.15, 0.2) is 0 Å². The second kappa shape index (κ2) is 12.2. The number of nitrogens with zero attached hydrogens (tertiary/aromatic N) is 1. The number of para-hydroxylation sites is 2. The number of furan rings is 1. The fraction of sp³-hybridized carbons (Fsp3) is 0.0204. The van der Waals surface area contributed by atoms with Crippen LogP contribution in [0.15, 0.2) is 205 Å². The third-order valence-corrected chi connectivity index (χ3v) is 10.5. The third-order valence-electron chi connectivity index (χ3n) is 10.5. The Morgan fingerprint density at radius 2 is 1.04 bits per heavy atom. The van der Waals surface area contributed by atoms with Crippen molar-refractivity contribution in [3.8, 4) is 11.1 Å². The van der Waals surface area contributed by atoms with E-state index >= 15 is 0 Å². The van der Waals surface area contributed by atoms with Crippen LogP contribution in [0.5, 0.6) is 0 Å². The molecule has 0 saturated carbocycles. The molecule has 0 bridgehead atoms. The quantitative estimate of drug-likeness (QED) is 0.183. The van der Waals surface area contributed by atoms with E-state index in [1.165, 1.54) is 33.4 Å². The number of anilines is 5. The molecule has 0 spiro atoms. The van der Waals surface area contributed by atoms with E-state index in [1.807, 2.05) is 0 Å². The highest BCUT2D eigenvalue weighted by atomic mass is 16.3. The van der Waals surface area contributed by atoms with Crippen molar-refractivity contribution >= 4 is 50.4 Å². The Bertz CT molecular complexity index is 2620. The molecule has 10 rings (SSSR count). The van der Waals surface area contributed by atoms with Crippen LogP contribution in [0.1, 0.15) is 22.3 Å². The maximum atomic E-state index is 6.51. The highest BCUT2D eigenvalue weighted by Gasteiger charge is 2.46. The first-order valence-electron chi connectivity index (χ1n) is 17.8. The lowest BCUT2D eigenvalue weighted by Gasteiger charge is -2.33. The zero-order valence-corrected chi connectivity index (χ0v) is 28.4. The molecule has 0 radical (unpaired) electrons. The van der Waals surface area contributed by atoms with Gasteiger partial charge in [-0.25, -0.2) is 0 Å². The predicted octanol–water partition coefficient (Wildman–Crippen LogP) is 13.2. The summed E-state index contributed by atoms with van der Waals surface area (Å²) in [6.07, 6.45) is 0. The number of rotatable bonds is 7. The van der Waals surface area contributed by atoms with Gasteiger partial charge in [0.05, 0.1) is 16.5 Å². The topological polar surface area (TPSA) is 28.4 Å². The Labute approximate surface area is 303 Å². The van der Waals surface area contributed by atoms with E-state index in [9.17, 15) is 0 Å². The molecular formula is C49H34N2O. The summed E-state index contributed by atoms with van der Waals surface area (Å²) in [6.45, 7) is 0. The smallest absolute Gasteiger partial charge is 0.137 e. The van der Waals surface area contributed by atoms with Crippen LogP contribution in [0.2, 0.25) is 0 Å². The molecule has 0 aliphatic heterocycles. The van der Waals surface area contributed by atoms with E-state index in [2.05, 4.69) is 210 Å². The molecule has 3 nitrogen and oxygen atoms in total. The first-order chi connectivity index (χ1) is 25.8. The molecule has 1 N–H and O–H groups in total. The van der Waals surface area contributed by atoms with Crippen LogP contribution in [-0.2, 0) is 5.41 Å². The Hall–Kier alpha value is -6.84. The van der Waals surface area contributed by atoms with Crippen molar-refractivity contribution < 1.29 is 4.42 Å². The van der Waals surface area contributed by atoms with Crippen molar-refractivity contribution in [3.05, 3.63) is 222 Å². The van der Waals surface area contributed by atoms with Gasteiger partial charge in [-0.2, -0.15) is 0 Å². The molecular weight excluding hydrogens is 633 g/mol. The van der Waals surface area contributed by atoms with E-state index in [4.69, 9.17) is 4.42 Å². The first-order valence-corrected chi connectivity index (χ1v) is 17.8. The largest absolute Gasteiger partial charge is 0.456 e. The molecule has 1 aliphatic carbocycles. The lowest BCUT2D eigenvalue weighted by atomic mass is 9.68. The summed E-state index contributed by atoms with van der Waals surface area (Å²) in [5.74, 6) is 0. The van der Waals surface area contributed by atoms with Crippen LogP contribution in [-0.4, -0.2) is 0 Å². The molecule has 0 unspecified atom stereocenters. The first kappa shape index (κ1) is 30.0. The average Bonchev–Trinajstić information content (AvgIpc) is 3.74. The number of nitrogens with one attached hydrogen (secondary N) is 1. The van der Waals surface area contributed by atoms with Crippen LogP contribution >= 0.6 is 0 Å². The maximum absolute atomic E-state index is 6.51. The van der Waals surface area contributed by atoms with E-state index in [0.717, 1.165) is 50.4 Å². The van der Waals surface area contributed by atoms with E-state index in [0.29, 0.717) is 0 Å². The summed E-state index contributed by atoms with van der Waals surface area (Å²) in [5, 5.41) is 6.02. The Morgan fingerprint density at radius 3 is 1.71 bits per heavy atom. The molecule has 8 aromatic carbocycles. The molecule has 1 aliphatic rings. The molecule has 0 saturated heterocycles. The van der Waals surface area contributed by atoms with Crippen LogP contribution in [0.3, 0.4) is 0 Å². The van der Waals surface area contributed by atoms with Gasteiger partial charge in [0.2, 0.25) is 0 Å². The molecule has 0 amide bonds. The van der Waals surface area contributed by atoms with Crippen LogP contribution in [0.25, 0.3) is 33.1 Å². The molecule has 3 heteroatoms. The SMILES string of the molecule is c1ccc(N(c2ccccc2)c2cccc3oc4ccc(Nc5cccc6c5-c5ccccc5C6(c5ccccc5)c5ccccc5)cc4c23)cc1. The highest BCUT2D eigenvalue weighted by molar-refractivity contribution is 6.14. The van der Waals surface area contributed by atoms with Crippen molar-refractivity contribution in [1.82, 2.24) is 0 Å². The van der Waals surface area contributed by atoms with Gasteiger partial charge < -0.3 is 14.6 Å². The summed E-state index contributed by atoms with van der Waals surface area (Å²) in [5.41, 5.74) is 14.1. The summed E-state index contributed by atoms with van der Waals surface area (Å²) < 4.78 is 6.51. The predicted molar refractivity (Wildman–Crippen MR) is 215 cm³/mol. The second-order valence-corrected chi connectivity index (χ2v) is 13.4. The summed E-state index contributed by atoms with van der Waals surface area (Å²) >= 11 is 0. The minimum absolute atomic E-state index is 0.454. The highest BCUT2D eigenvalue weighted by Crippen LogP contribution is 2.58. The van der Waals surface area contributed by atoms with Gasteiger partial charge >= 0.3 is 0 Å². The van der Waals surface area contributed by atoms with Crippen molar-refractivity contribution in [2.45, 2.75) is 5.41 Å². The van der Waals surface area contributed by atoms with Gasteiger partial charge in [-0.1, -0.05) is 140 Å². The van der Waals surface area contributed by atoms with Crippen LogP contribution in [0, 0.1) is 0 Å². The number of hydrogen-bond acceptors (Lipinski definition) is 3. The molecule has 52 heavy (non-hydrogen) atoms. The molecule has 1 heterocycles. The van der Waals surface area contributed by atoms with Gasteiger partial charge in [0.25, 0.3) is 0 Å². The van der Waals surface area contributed by atoms with Crippen molar-refractivity contribution in [3.63, 3.8) is 0 Å². The molecule has 246 valence electrons. The number of fused-ring (bicyclic) bond motifs is 6. The minimum Gasteiger partial charge on any atom is -0.456 e. The van der Waals surface area contributed by atoms with E-state index in [1.54, 1.807) is 0 Å². The summed E-state index contributed by atoms with van der Waals surface area (Å²) in [4.78, 5) is 2.31.